The second-order valence-corrected chi connectivity index (χ2v) is 6.13. The van der Waals surface area contributed by atoms with Gasteiger partial charge in [-0.1, -0.05) is 30.3 Å². The molecule has 0 saturated carbocycles. The van der Waals surface area contributed by atoms with E-state index >= 15 is 0 Å². The molecule has 0 bridgehead atoms. The molecule has 3 rings (SSSR count). The van der Waals surface area contributed by atoms with Crippen LogP contribution >= 0.6 is 0 Å². The second-order valence-electron chi connectivity index (χ2n) is 6.13. The van der Waals surface area contributed by atoms with Crippen molar-refractivity contribution in [3.63, 3.8) is 0 Å². The van der Waals surface area contributed by atoms with E-state index in [1.165, 1.54) is 0 Å². The van der Waals surface area contributed by atoms with E-state index in [0.29, 0.717) is 19.0 Å². The van der Waals surface area contributed by atoms with Crippen LogP contribution in [0.4, 0.5) is 0 Å². The minimum absolute atomic E-state index is 0.0596. The second kappa shape index (κ2) is 7.57. The number of hydrogen-bond donors (Lipinski definition) is 1. The Labute approximate surface area is 142 Å². The van der Waals surface area contributed by atoms with Gasteiger partial charge in [-0.3, -0.25) is 9.89 Å². The lowest BCUT2D eigenvalue weighted by Gasteiger charge is -2.33. The molecule has 128 valence electrons. The number of hydrogen-bond acceptors (Lipinski definition) is 4. The summed E-state index contributed by atoms with van der Waals surface area (Å²) in [6, 6.07) is 9.91. The van der Waals surface area contributed by atoms with E-state index in [4.69, 9.17) is 4.74 Å². The Bertz CT molecular complexity index is 671. The number of aromatic nitrogens is 3. The normalized spacial score (nSPS) is 19.2. The summed E-state index contributed by atoms with van der Waals surface area (Å²) in [7, 11) is 0. The molecule has 1 aliphatic rings. The average Bonchev–Trinajstić information content (AvgIpc) is 3.12. The Kier molecular flexibility index (Phi) is 5.25. The Morgan fingerprint density at radius 3 is 2.96 bits per heavy atom. The van der Waals surface area contributed by atoms with Crippen molar-refractivity contribution in [3.8, 4) is 11.4 Å². The number of H-pyrrole nitrogens is 1. The predicted molar refractivity (Wildman–Crippen MR) is 91.5 cm³/mol. The first-order valence-corrected chi connectivity index (χ1v) is 8.57. The highest BCUT2D eigenvalue weighted by Gasteiger charge is 2.29. The van der Waals surface area contributed by atoms with Gasteiger partial charge in [-0.2, -0.15) is 5.10 Å². The summed E-state index contributed by atoms with van der Waals surface area (Å²) in [5, 5.41) is 7.39. The number of ether oxygens (including phenoxy) is 1. The third-order valence-electron chi connectivity index (χ3n) is 4.42. The van der Waals surface area contributed by atoms with Crippen LogP contribution in [0.15, 0.2) is 30.3 Å². The van der Waals surface area contributed by atoms with Gasteiger partial charge in [-0.05, 0) is 26.7 Å². The summed E-state index contributed by atoms with van der Waals surface area (Å²) >= 11 is 0. The first kappa shape index (κ1) is 16.6. The van der Waals surface area contributed by atoms with Crippen LogP contribution in [0.5, 0.6) is 0 Å². The molecule has 24 heavy (non-hydrogen) atoms. The minimum atomic E-state index is -0.386. The summed E-state index contributed by atoms with van der Waals surface area (Å²) in [6.45, 7) is 5.72. The first-order valence-electron chi connectivity index (χ1n) is 8.57. The molecule has 0 spiro atoms. The first-order chi connectivity index (χ1) is 11.7. The molecule has 2 atom stereocenters. The standard InChI is InChI=1S/C18H24N4O2/c1-3-24-13(2)18(23)22-11-7-10-15(12-22)17-19-16(20-21-17)14-8-5-4-6-9-14/h4-6,8-9,13,15H,3,7,10-12H2,1-2H3,(H,19,20,21)/t13-,15+/m0/s1. The molecule has 0 radical (unpaired) electrons. The number of nitrogens with one attached hydrogen (secondary N) is 1. The molecule has 1 fully saturated rings. The minimum Gasteiger partial charge on any atom is -0.369 e. The number of carbonyl (C=O) groups excluding carboxylic acids is 1. The average molecular weight is 328 g/mol. The van der Waals surface area contributed by atoms with E-state index in [9.17, 15) is 4.79 Å². The summed E-state index contributed by atoms with van der Waals surface area (Å²) < 4.78 is 5.43. The molecule has 2 heterocycles. The van der Waals surface area contributed by atoms with Crippen LogP contribution in [-0.2, 0) is 9.53 Å². The van der Waals surface area contributed by atoms with Crippen LogP contribution in [0.2, 0.25) is 0 Å². The molecule has 6 nitrogen and oxygen atoms in total. The highest BCUT2D eigenvalue weighted by molar-refractivity contribution is 5.80. The maximum absolute atomic E-state index is 12.4. The summed E-state index contributed by atoms with van der Waals surface area (Å²) in [5.74, 6) is 1.82. The monoisotopic (exact) mass is 328 g/mol. The Morgan fingerprint density at radius 1 is 1.42 bits per heavy atom. The van der Waals surface area contributed by atoms with Crippen LogP contribution in [0.25, 0.3) is 11.4 Å². The third-order valence-corrected chi connectivity index (χ3v) is 4.42. The smallest absolute Gasteiger partial charge is 0.251 e. The van der Waals surface area contributed by atoms with Crippen molar-refractivity contribution in [1.29, 1.82) is 0 Å². The van der Waals surface area contributed by atoms with Crippen molar-refractivity contribution in [3.05, 3.63) is 36.2 Å². The molecular weight excluding hydrogens is 304 g/mol. The van der Waals surface area contributed by atoms with Crippen LogP contribution in [0.3, 0.4) is 0 Å². The van der Waals surface area contributed by atoms with Crippen molar-refractivity contribution in [2.24, 2.45) is 0 Å². The van der Waals surface area contributed by atoms with Gasteiger partial charge in [0.15, 0.2) is 5.82 Å². The Balaban J connectivity index is 1.69. The topological polar surface area (TPSA) is 71.1 Å². The van der Waals surface area contributed by atoms with Crippen molar-refractivity contribution in [2.45, 2.75) is 38.7 Å². The van der Waals surface area contributed by atoms with Crippen LogP contribution in [-0.4, -0.2) is 51.8 Å². The van der Waals surface area contributed by atoms with Gasteiger partial charge in [0.05, 0.1) is 0 Å². The Hall–Kier alpha value is -2.21. The molecule has 1 aromatic carbocycles. The predicted octanol–water partition coefficient (Wildman–Crippen LogP) is 2.60. The molecule has 1 aromatic heterocycles. The van der Waals surface area contributed by atoms with Gasteiger partial charge in [0.2, 0.25) is 0 Å². The molecule has 0 aliphatic carbocycles. The maximum atomic E-state index is 12.4. The van der Waals surface area contributed by atoms with E-state index in [2.05, 4.69) is 15.2 Å². The van der Waals surface area contributed by atoms with Crippen LogP contribution < -0.4 is 0 Å². The van der Waals surface area contributed by atoms with Crippen molar-refractivity contribution < 1.29 is 9.53 Å². The number of benzene rings is 1. The van der Waals surface area contributed by atoms with E-state index in [-0.39, 0.29) is 17.9 Å². The molecular formula is C18H24N4O2. The van der Waals surface area contributed by atoms with E-state index < -0.39 is 0 Å². The van der Waals surface area contributed by atoms with E-state index in [0.717, 1.165) is 30.8 Å². The van der Waals surface area contributed by atoms with Crippen LogP contribution in [0.1, 0.15) is 38.4 Å². The fourth-order valence-corrected chi connectivity index (χ4v) is 3.15. The number of piperidine rings is 1. The molecule has 1 N–H and O–H groups in total. The zero-order valence-electron chi connectivity index (χ0n) is 14.2. The number of rotatable bonds is 5. The lowest BCUT2D eigenvalue weighted by Crippen LogP contribution is -2.44. The largest absolute Gasteiger partial charge is 0.369 e. The van der Waals surface area contributed by atoms with Crippen LogP contribution in [0, 0.1) is 0 Å². The number of aromatic amines is 1. The van der Waals surface area contributed by atoms with Gasteiger partial charge in [0.25, 0.3) is 5.91 Å². The highest BCUT2D eigenvalue weighted by Crippen LogP contribution is 2.26. The summed E-state index contributed by atoms with van der Waals surface area (Å²) in [5.41, 5.74) is 0.994. The lowest BCUT2D eigenvalue weighted by atomic mass is 9.97. The highest BCUT2D eigenvalue weighted by atomic mass is 16.5. The fourth-order valence-electron chi connectivity index (χ4n) is 3.15. The van der Waals surface area contributed by atoms with E-state index in [1.54, 1.807) is 0 Å². The molecule has 6 heteroatoms. The molecule has 2 aromatic rings. The van der Waals surface area contributed by atoms with Gasteiger partial charge in [0, 0.05) is 31.2 Å². The van der Waals surface area contributed by atoms with E-state index in [1.807, 2.05) is 49.1 Å². The Morgan fingerprint density at radius 2 is 2.21 bits per heavy atom. The number of amides is 1. The van der Waals surface area contributed by atoms with Gasteiger partial charge in [-0.15, -0.1) is 0 Å². The third kappa shape index (κ3) is 3.64. The number of nitrogens with zero attached hydrogens (tertiary/aromatic N) is 3. The zero-order valence-corrected chi connectivity index (χ0v) is 14.2. The molecule has 0 unspecified atom stereocenters. The maximum Gasteiger partial charge on any atom is 0.251 e. The van der Waals surface area contributed by atoms with Crippen molar-refractivity contribution in [1.82, 2.24) is 20.1 Å². The zero-order chi connectivity index (χ0) is 16.9. The quantitative estimate of drug-likeness (QED) is 0.916. The summed E-state index contributed by atoms with van der Waals surface area (Å²) in [4.78, 5) is 19.0. The lowest BCUT2D eigenvalue weighted by molar-refractivity contribution is -0.143. The van der Waals surface area contributed by atoms with Gasteiger partial charge >= 0.3 is 0 Å². The fraction of sp³-hybridized carbons (Fsp3) is 0.500. The van der Waals surface area contributed by atoms with Gasteiger partial charge in [0.1, 0.15) is 11.9 Å². The van der Waals surface area contributed by atoms with Gasteiger partial charge < -0.3 is 9.64 Å². The number of carbonyl (C=O) groups is 1. The molecule has 1 amide bonds. The number of likely N-dealkylation sites (tertiary alicyclic amines) is 1. The molecule has 1 aliphatic heterocycles. The van der Waals surface area contributed by atoms with Crippen molar-refractivity contribution in [2.75, 3.05) is 19.7 Å². The van der Waals surface area contributed by atoms with Crippen molar-refractivity contribution >= 4 is 5.91 Å². The van der Waals surface area contributed by atoms with Gasteiger partial charge in [-0.25, -0.2) is 4.98 Å². The molecule has 1 saturated heterocycles. The SMILES string of the molecule is CCO[C@@H](C)C(=O)N1CCC[C@@H](c2nc(-c3ccccc3)n[nH]2)C1. The summed E-state index contributed by atoms with van der Waals surface area (Å²) in [6.07, 6.45) is 1.59.